The molecular weight excluding hydrogens is 363 g/mol. The van der Waals surface area contributed by atoms with Gasteiger partial charge in [-0.15, -0.1) is 11.3 Å². The number of amides is 2. The molecule has 0 radical (unpaired) electrons. The average molecular weight is 382 g/mol. The molecule has 2 amide bonds. The number of hydrogen-bond donors (Lipinski definition) is 0. The summed E-state index contributed by atoms with van der Waals surface area (Å²) in [6.07, 6.45) is 0. The minimum atomic E-state index is -0.360. The Kier molecular flexibility index (Phi) is 4.66. The van der Waals surface area contributed by atoms with Crippen LogP contribution in [0.5, 0.6) is 0 Å². The van der Waals surface area contributed by atoms with E-state index in [1.807, 2.05) is 36.1 Å². The number of benzene rings is 2. The van der Waals surface area contributed by atoms with Crippen molar-refractivity contribution in [1.82, 2.24) is 9.80 Å². The van der Waals surface area contributed by atoms with E-state index in [0.29, 0.717) is 31.7 Å². The molecule has 27 heavy (non-hydrogen) atoms. The monoisotopic (exact) mass is 382 g/mol. The van der Waals surface area contributed by atoms with E-state index in [2.05, 4.69) is 0 Å². The smallest absolute Gasteiger partial charge is 0.264 e. The highest BCUT2D eigenvalue weighted by molar-refractivity contribution is 7.21. The third-order valence-electron chi connectivity index (χ3n) is 4.98. The van der Waals surface area contributed by atoms with Gasteiger partial charge in [0.05, 0.1) is 4.88 Å². The Bertz CT molecular complexity index is 1000. The highest BCUT2D eigenvalue weighted by atomic mass is 32.1. The van der Waals surface area contributed by atoms with Crippen LogP contribution in [0.15, 0.2) is 48.5 Å². The van der Waals surface area contributed by atoms with Crippen molar-refractivity contribution in [1.29, 1.82) is 0 Å². The number of fused-ring (bicyclic) bond motifs is 1. The van der Waals surface area contributed by atoms with Crippen LogP contribution in [0, 0.1) is 12.7 Å². The zero-order chi connectivity index (χ0) is 19.0. The Labute approximate surface area is 160 Å². The van der Waals surface area contributed by atoms with Crippen LogP contribution >= 0.6 is 11.3 Å². The Morgan fingerprint density at radius 3 is 2.11 bits per heavy atom. The zero-order valence-corrected chi connectivity index (χ0v) is 15.8. The number of carbonyl (C=O) groups is 2. The van der Waals surface area contributed by atoms with Gasteiger partial charge in [0.1, 0.15) is 5.82 Å². The number of piperazine rings is 1. The van der Waals surface area contributed by atoms with Crippen LogP contribution in [0.3, 0.4) is 0 Å². The van der Waals surface area contributed by atoms with E-state index in [1.54, 1.807) is 4.90 Å². The van der Waals surface area contributed by atoms with Crippen molar-refractivity contribution in [3.05, 3.63) is 70.4 Å². The van der Waals surface area contributed by atoms with Gasteiger partial charge in [-0.25, -0.2) is 4.39 Å². The number of rotatable bonds is 2. The van der Waals surface area contributed by atoms with E-state index in [1.165, 1.54) is 35.6 Å². The first-order chi connectivity index (χ1) is 13.0. The van der Waals surface area contributed by atoms with Crippen molar-refractivity contribution in [2.75, 3.05) is 26.2 Å². The number of thiophene rings is 1. The van der Waals surface area contributed by atoms with Gasteiger partial charge >= 0.3 is 0 Å². The van der Waals surface area contributed by atoms with Gasteiger partial charge in [0.25, 0.3) is 11.8 Å². The molecule has 1 aliphatic heterocycles. The van der Waals surface area contributed by atoms with Crippen LogP contribution in [0.4, 0.5) is 4.39 Å². The van der Waals surface area contributed by atoms with E-state index in [-0.39, 0.29) is 17.6 Å². The van der Waals surface area contributed by atoms with Gasteiger partial charge < -0.3 is 9.80 Å². The van der Waals surface area contributed by atoms with Crippen molar-refractivity contribution in [2.24, 2.45) is 0 Å². The lowest BCUT2D eigenvalue weighted by molar-refractivity contribution is 0.0537. The summed E-state index contributed by atoms with van der Waals surface area (Å²) in [5.74, 6) is -0.455. The fraction of sp³-hybridized carbons (Fsp3) is 0.238. The molecule has 6 heteroatoms. The van der Waals surface area contributed by atoms with Crippen molar-refractivity contribution in [2.45, 2.75) is 6.92 Å². The van der Waals surface area contributed by atoms with Crippen LogP contribution in [-0.2, 0) is 0 Å². The summed E-state index contributed by atoms with van der Waals surface area (Å²) >= 11 is 1.52. The molecule has 0 atom stereocenters. The van der Waals surface area contributed by atoms with Crippen LogP contribution in [-0.4, -0.2) is 47.8 Å². The Balaban J connectivity index is 1.45. The molecule has 4 rings (SSSR count). The minimum Gasteiger partial charge on any atom is -0.335 e. The molecule has 0 aliphatic carbocycles. The number of hydrogen-bond acceptors (Lipinski definition) is 3. The van der Waals surface area contributed by atoms with Gasteiger partial charge in [-0.2, -0.15) is 0 Å². The Hall–Kier alpha value is -2.73. The maximum Gasteiger partial charge on any atom is 0.264 e. The van der Waals surface area contributed by atoms with E-state index < -0.39 is 0 Å². The molecule has 1 fully saturated rings. The second-order valence-corrected chi connectivity index (χ2v) is 7.70. The molecule has 1 aliphatic rings. The first-order valence-electron chi connectivity index (χ1n) is 8.87. The summed E-state index contributed by atoms with van der Waals surface area (Å²) in [6, 6.07) is 13.6. The zero-order valence-electron chi connectivity index (χ0n) is 14.9. The molecule has 0 spiro atoms. The molecular formula is C21H19FN2O2S. The van der Waals surface area contributed by atoms with Crippen LogP contribution in [0.2, 0.25) is 0 Å². The van der Waals surface area contributed by atoms with Gasteiger partial charge in [0.15, 0.2) is 0 Å². The first-order valence-corrected chi connectivity index (χ1v) is 9.68. The van der Waals surface area contributed by atoms with Crippen LogP contribution < -0.4 is 0 Å². The topological polar surface area (TPSA) is 40.6 Å². The van der Waals surface area contributed by atoms with Crippen molar-refractivity contribution < 1.29 is 14.0 Å². The summed E-state index contributed by atoms with van der Waals surface area (Å²) < 4.78 is 14.1. The Morgan fingerprint density at radius 2 is 1.48 bits per heavy atom. The first kappa shape index (κ1) is 17.7. The quantitative estimate of drug-likeness (QED) is 0.673. The molecule has 0 bridgehead atoms. The third-order valence-corrected chi connectivity index (χ3v) is 6.24. The van der Waals surface area contributed by atoms with Gasteiger partial charge in [-0.1, -0.05) is 18.2 Å². The van der Waals surface area contributed by atoms with Crippen LogP contribution in [0.25, 0.3) is 10.1 Å². The Morgan fingerprint density at radius 1 is 0.889 bits per heavy atom. The van der Waals surface area contributed by atoms with E-state index in [9.17, 15) is 14.0 Å². The second-order valence-electron chi connectivity index (χ2n) is 6.64. The number of carbonyl (C=O) groups excluding carboxylic acids is 2. The fourth-order valence-electron chi connectivity index (χ4n) is 3.41. The van der Waals surface area contributed by atoms with Crippen LogP contribution in [0.1, 0.15) is 25.6 Å². The third kappa shape index (κ3) is 3.32. The van der Waals surface area contributed by atoms with Crippen molar-refractivity contribution in [3.63, 3.8) is 0 Å². The fourth-order valence-corrected chi connectivity index (χ4v) is 4.59. The summed E-state index contributed by atoms with van der Waals surface area (Å²) in [5, 5.41) is 1.12. The number of halogens is 1. The summed E-state index contributed by atoms with van der Waals surface area (Å²) in [7, 11) is 0. The maximum atomic E-state index is 13.0. The molecule has 0 saturated carbocycles. The van der Waals surface area contributed by atoms with E-state index >= 15 is 0 Å². The molecule has 2 aromatic carbocycles. The minimum absolute atomic E-state index is 0.0302. The lowest BCUT2D eigenvalue weighted by Crippen LogP contribution is -2.50. The summed E-state index contributed by atoms with van der Waals surface area (Å²) in [6.45, 7) is 3.94. The normalized spacial score (nSPS) is 14.6. The molecule has 1 aromatic heterocycles. The van der Waals surface area contributed by atoms with Gasteiger partial charge in [0, 0.05) is 36.4 Å². The second kappa shape index (κ2) is 7.12. The standard InChI is InChI=1S/C21H19FN2O2S/c1-14-17-4-2-3-5-18(17)27-19(14)21(26)24-12-10-23(11-13-24)20(25)15-6-8-16(22)9-7-15/h2-9H,10-13H2,1H3. The van der Waals surface area contributed by atoms with Gasteiger partial charge in [0.2, 0.25) is 0 Å². The molecule has 3 aromatic rings. The lowest BCUT2D eigenvalue weighted by atomic mass is 10.1. The number of aryl methyl sites for hydroxylation is 1. The molecule has 1 saturated heterocycles. The van der Waals surface area contributed by atoms with Crippen molar-refractivity contribution in [3.8, 4) is 0 Å². The average Bonchev–Trinajstić information content (AvgIpc) is 3.04. The van der Waals surface area contributed by atoms with Gasteiger partial charge in [-0.05, 0) is 48.2 Å². The predicted octanol–water partition coefficient (Wildman–Crippen LogP) is 3.95. The molecule has 4 nitrogen and oxygen atoms in total. The maximum absolute atomic E-state index is 13.0. The lowest BCUT2D eigenvalue weighted by Gasteiger charge is -2.34. The highest BCUT2D eigenvalue weighted by Crippen LogP contribution is 2.31. The van der Waals surface area contributed by atoms with E-state index in [0.717, 1.165) is 20.5 Å². The van der Waals surface area contributed by atoms with Crippen molar-refractivity contribution >= 4 is 33.2 Å². The molecule has 0 unspecified atom stereocenters. The predicted molar refractivity (Wildman–Crippen MR) is 105 cm³/mol. The van der Waals surface area contributed by atoms with E-state index in [4.69, 9.17) is 0 Å². The molecule has 2 heterocycles. The van der Waals surface area contributed by atoms with Gasteiger partial charge in [-0.3, -0.25) is 9.59 Å². The molecule has 138 valence electrons. The largest absolute Gasteiger partial charge is 0.335 e. The summed E-state index contributed by atoms with van der Waals surface area (Å²) in [4.78, 5) is 29.8. The molecule has 0 N–H and O–H groups in total. The number of nitrogens with zero attached hydrogens (tertiary/aromatic N) is 2. The highest BCUT2D eigenvalue weighted by Gasteiger charge is 2.27. The summed E-state index contributed by atoms with van der Waals surface area (Å²) in [5.41, 5.74) is 1.49. The SMILES string of the molecule is Cc1c(C(=O)N2CCN(C(=O)c3ccc(F)cc3)CC2)sc2ccccc12.